The molecule has 30 heavy (non-hydrogen) atoms. The van der Waals surface area contributed by atoms with Crippen LogP contribution in [0.2, 0.25) is 0 Å². The van der Waals surface area contributed by atoms with Gasteiger partial charge in [0.25, 0.3) is 10.1 Å². The summed E-state index contributed by atoms with van der Waals surface area (Å²) in [7, 11) is -2.02. The van der Waals surface area contributed by atoms with Crippen LogP contribution in [0.5, 0.6) is 11.5 Å². The predicted molar refractivity (Wildman–Crippen MR) is 118 cm³/mol. The highest BCUT2D eigenvalue weighted by atomic mass is 32.2. The molecular weight excluding hydrogens is 400 g/mol. The molecule has 0 bridgehead atoms. The van der Waals surface area contributed by atoms with Crippen molar-refractivity contribution in [2.45, 2.75) is 70.8 Å². The lowest BCUT2D eigenvalue weighted by Crippen LogP contribution is -2.37. The normalized spacial score (nSPS) is 18.6. The summed E-state index contributed by atoms with van der Waals surface area (Å²) < 4.78 is 42.0. The molecule has 6 heteroatoms. The molecule has 164 valence electrons. The Bertz CT molecular complexity index is 1020. The highest BCUT2D eigenvalue weighted by molar-refractivity contribution is 7.86. The van der Waals surface area contributed by atoms with Gasteiger partial charge in [-0.3, -0.25) is 4.18 Å². The topological polar surface area (TPSA) is 61.8 Å². The SMILES string of the molecule is COc1c(C)c(C)c2c(c1C)CCC(C)(CCCOS(=O)(=O)c1ccc(C)cc1)O2. The molecular formula is C24H32O5S. The molecule has 2 aromatic carbocycles. The molecule has 0 N–H and O–H groups in total. The highest BCUT2D eigenvalue weighted by Gasteiger charge is 2.34. The van der Waals surface area contributed by atoms with Gasteiger partial charge in [-0.1, -0.05) is 17.7 Å². The number of fused-ring (bicyclic) bond motifs is 1. The Kier molecular flexibility index (Phi) is 6.48. The fraction of sp³-hybridized carbons (Fsp3) is 0.500. The minimum Gasteiger partial charge on any atom is -0.496 e. The van der Waals surface area contributed by atoms with Gasteiger partial charge >= 0.3 is 0 Å². The van der Waals surface area contributed by atoms with Crippen molar-refractivity contribution in [2.75, 3.05) is 13.7 Å². The van der Waals surface area contributed by atoms with E-state index in [9.17, 15) is 8.42 Å². The van der Waals surface area contributed by atoms with Gasteiger partial charge in [-0.05, 0) is 89.1 Å². The molecule has 0 aliphatic carbocycles. The van der Waals surface area contributed by atoms with Crippen molar-refractivity contribution in [3.8, 4) is 11.5 Å². The molecule has 1 aliphatic heterocycles. The van der Waals surface area contributed by atoms with Crippen molar-refractivity contribution in [1.29, 1.82) is 0 Å². The van der Waals surface area contributed by atoms with E-state index in [0.29, 0.717) is 6.42 Å². The maximum absolute atomic E-state index is 12.4. The minimum atomic E-state index is -3.73. The lowest BCUT2D eigenvalue weighted by atomic mass is 9.85. The number of benzene rings is 2. The molecule has 0 amide bonds. The van der Waals surface area contributed by atoms with Gasteiger partial charge in [-0.15, -0.1) is 0 Å². The second-order valence-electron chi connectivity index (χ2n) is 8.46. The maximum Gasteiger partial charge on any atom is 0.296 e. The Balaban J connectivity index is 1.64. The lowest BCUT2D eigenvalue weighted by Gasteiger charge is -2.38. The van der Waals surface area contributed by atoms with Gasteiger partial charge in [0, 0.05) is 5.56 Å². The first-order chi connectivity index (χ1) is 14.1. The number of hydrogen-bond donors (Lipinski definition) is 0. The first-order valence-electron chi connectivity index (χ1n) is 10.4. The van der Waals surface area contributed by atoms with Gasteiger partial charge in [0.1, 0.15) is 17.1 Å². The molecule has 1 heterocycles. The zero-order valence-corrected chi connectivity index (χ0v) is 19.6. The minimum absolute atomic E-state index is 0.141. The third-order valence-electron chi connectivity index (χ3n) is 6.17. The zero-order chi connectivity index (χ0) is 22.1. The van der Waals surface area contributed by atoms with E-state index in [1.807, 2.05) is 6.92 Å². The van der Waals surface area contributed by atoms with E-state index in [1.54, 1.807) is 31.4 Å². The molecule has 1 atom stereocenters. The molecule has 2 aromatic rings. The van der Waals surface area contributed by atoms with Crippen LogP contribution in [0, 0.1) is 27.7 Å². The molecule has 5 nitrogen and oxygen atoms in total. The summed E-state index contributed by atoms with van der Waals surface area (Å²) >= 11 is 0. The Hall–Kier alpha value is -2.05. The molecule has 0 aromatic heterocycles. The number of ether oxygens (including phenoxy) is 2. The van der Waals surface area contributed by atoms with Crippen LogP contribution in [-0.4, -0.2) is 27.7 Å². The number of hydrogen-bond acceptors (Lipinski definition) is 5. The third-order valence-corrected chi connectivity index (χ3v) is 7.49. The molecule has 0 spiro atoms. The summed E-state index contributed by atoms with van der Waals surface area (Å²) in [6, 6.07) is 6.70. The van der Waals surface area contributed by atoms with Gasteiger partial charge in [-0.25, -0.2) is 0 Å². The molecule has 0 fully saturated rings. The van der Waals surface area contributed by atoms with Crippen molar-refractivity contribution in [2.24, 2.45) is 0 Å². The summed E-state index contributed by atoms with van der Waals surface area (Å²) in [6.45, 7) is 10.4. The Labute approximate surface area is 180 Å². The van der Waals surface area contributed by atoms with E-state index in [-0.39, 0.29) is 17.1 Å². The van der Waals surface area contributed by atoms with E-state index in [0.717, 1.165) is 53.0 Å². The van der Waals surface area contributed by atoms with Gasteiger partial charge < -0.3 is 9.47 Å². The van der Waals surface area contributed by atoms with Crippen molar-refractivity contribution < 1.29 is 22.1 Å². The van der Waals surface area contributed by atoms with Crippen LogP contribution in [0.25, 0.3) is 0 Å². The molecule has 0 saturated heterocycles. The Morgan fingerprint density at radius 1 is 1.03 bits per heavy atom. The van der Waals surface area contributed by atoms with Crippen molar-refractivity contribution in [1.82, 2.24) is 0 Å². The standard InChI is InChI=1S/C24H32O5S/c1-16-8-10-20(11-9-16)30(25,26)28-15-7-13-24(5)14-12-21-19(4)22(27-6)17(2)18(3)23(21)29-24/h8-11H,7,12-15H2,1-6H3. The van der Waals surface area contributed by atoms with E-state index in [4.69, 9.17) is 13.7 Å². The molecule has 0 saturated carbocycles. The average molecular weight is 433 g/mol. The quantitative estimate of drug-likeness (QED) is 0.445. The second-order valence-corrected chi connectivity index (χ2v) is 10.1. The smallest absolute Gasteiger partial charge is 0.296 e. The van der Waals surface area contributed by atoms with E-state index in [2.05, 4.69) is 27.7 Å². The fourth-order valence-corrected chi connectivity index (χ4v) is 5.09. The Morgan fingerprint density at radius 3 is 2.33 bits per heavy atom. The number of rotatable bonds is 7. The summed E-state index contributed by atoms with van der Waals surface area (Å²) in [5.74, 6) is 1.89. The van der Waals surface area contributed by atoms with Crippen LogP contribution >= 0.6 is 0 Å². The van der Waals surface area contributed by atoms with Gasteiger partial charge in [0.05, 0.1) is 18.6 Å². The van der Waals surface area contributed by atoms with Crippen LogP contribution in [0.3, 0.4) is 0 Å². The van der Waals surface area contributed by atoms with Crippen LogP contribution in [0.1, 0.15) is 54.0 Å². The predicted octanol–water partition coefficient (Wildman–Crippen LogP) is 5.20. The van der Waals surface area contributed by atoms with Crippen LogP contribution in [-0.2, 0) is 20.7 Å². The second kappa shape index (κ2) is 8.60. The highest BCUT2D eigenvalue weighted by Crippen LogP contribution is 2.44. The number of methoxy groups -OCH3 is 1. The zero-order valence-electron chi connectivity index (χ0n) is 18.8. The van der Waals surface area contributed by atoms with Crippen molar-refractivity contribution in [3.05, 3.63) is 52.1 Å². The maximum atomic E-state index is 12.4. The van der Waals surface area contributed by atoms with Crippen LogP contribution in [0.4, 0.5) is 0 Å². The van der Waals surface area contributed by atoms with Crippen LogP contribution in [0.15, 0.2) is 29.2 Å². The molecule has 1 aliphatic rings. The number of aryl methyl sites for hydroxylation is 1. The third kappa shape index (κ3) is 4.49. The van der Waals surface area contributed by atoms with Gasteiger partial charge in [0.2, 0.25) is 0 Å². The first-order valence-corrected chi connectivity index (χ1v) is 11.8. The van der Waals surface area contributed by atoms with Gasteiger partial charge in [0.15, 0.2) is 0 Å². The molecule has 1 unspecified atom stereocenters. The van der Waals surface area contributed by atoms with Gasteiger partial charge in [-0.2, -0.15) is 8.42 Å². The van der Waals surface area contributed by atoms with E-state index >= 15 is 0 Å². The first kappa shape index (κ1) is 22.6. The van der Waals surface area contributed by atoms with E-state index < -0.39 is 10.1 Å². The monoisotopic (exact) mass is 432 g/mol. The van der Waals surface area contributed by atoms with E-state index in [1.165, 1.54) is 5.56 Å². The summed E-state index contributed by atoms with van der Waals surface area (Å²) in [5, 5.41) is 0. The lowest BCUT2D eigenvalue weighted by molar-refractivity contribution is 0.0491. The summed E-state index contributed by atoms with van der Waals surface area (Å²) in [4.78, 5) is 0.192. The molecule has 3 rings (SSSR count). The van der Waals surface area contributed by atoms with Crippen LogP contribution < -0.4 is 9.47 Å². The fourth-order valence-electron chi connectivity index (χ4n) is 4.15. The largest absolute Gasteiger partial charge is 0.496 e. The summed E-state index contributed by atoms with van der Waals surface area (Å²) in [6.07, 6.45) is 3.11. The average Bonchev–Trinajstić information content (AvgIpc) is 2.70. The molecule has 0 radical (unpaired) electrons. The van der Waals surface area contributed by atoms with Crippen molar-refractivity contribution >= 4 is 10.1 Å². The Morgan fingerprint density at radius 2 is 1.70 bits per heavy atom. The summed E-state index contributed by atoms with van der Waals surface area (Å²) in [5.41, 5.74) is 5.23. The van der Waals surface area contributed by atoms with Crippen molar-refractivity contribution in [3.63, 3.8) is 0 Å².